The van der Waals surface area contributed by atoms with Crippen molar-refractivity contribution in [2.24, 2.45) is 0 Å². The molecule has 18 heavy (non-hydrogen) atoms. The molecular weight excluding hydrogens is 226 g/mol. The molecule has 2 heterocycles. The van der Waals surface area contributed by atoms with Crippen LogP contribution in [0.5, 0.6) is 0 Å². The highest BCUT2D eigenvalue weighted by Gasteiger charge is 2.27. The molecule has 0 aromatic carbocycles. The highest BCUT2D eigenvalue weighted by atomic mass is 15.3. The van der Waals surface area contributed by atoms with Crippen LogP contribution in [0.3, 0.4) is 0 Å². The number of hydrogen-bond acceptors (Lipinski definition) is 5. The Balaban J connectivity index is 2.09. The van der Waals surface area contributed by atoms with Crippen molar-refractivity contribution in [3.8, 4) is 6.07 Å². The molecule has 2 rings (SSSR count). The molecule has 1 saturated heterocycles. The summed E-state index contributed by atoms with van der Waals surface area (Å²) in [7, 11) is 0. The first-order valence-corrected chi connectivity index (χ1v) is 6.23. The number of piperazine rings is 1. The number of hydrogen-bond donors (Lipinski definition) is 0. The van der Waals surface area contributed by atoms with E-state index in [4.69, 9.17) is 5.26 Å². The molecule has 0 spiro atoms. The maximum absolute atomic E-state index is 9.04. The van der Waals surface area contributed by atoms with Gasteiger partial charge >= 0.3 is 0 Å². The van der Waals surface area contributed by atoms with Gasteiger partial charge in [0.25, 0.3) is 0 Å². The lowest BCUT2D eigenvalue weighted by atomic mass is 10.0. The second kappa shape index (κ2) is 4.91. The average molecular weight is 245 g/mol. The Morgan fingerprint density at radius 1 is 1.11 bits per heavy atom. The second-order valence-corrected chi connectivity index (χ2v) is 5.49. The lowest BCUT2D eigenvalue weighted by molar-refractivity contribution is 0.128. The molecule has 1 aromatic rings. The normalized spacial score (nSPS) is 17.6. The van der Waals surface area contributed by atoms with Gasteiger partial charge < -0.3 is 4.90 Å². The SMILES string of the molecule is CC(C)(C)N1CCN(c2nccnc2C#N)CC1. The topological polar surface area (TPSA) is 56.1 Å². The van der Waals surface area contributed by atoms with E-state index in [1.165, 1.54) is 0 Å². The average Bonchev–Trinajstić information content (AvgIpc) is 2.38. The van der Waals surface area contributed by atoms with Crippen molar-refractivity contribution >= 4 is 5.82 Å². The summed E-state index contributed by atoms with van der Waals surface area (Å²) in [5.41, 5.74) is 0.619. The first-order valence-electron chi connectivity index (χ1n) is 6.23. The van der Waals surface area contributed by atoms with Gasteiger partial charge in [0.2, 0.25) is 0 Å². The molecule has 0 saturated carbocycles. The Bertz CT molecular complexity index is 449. The third-order valence-electron chi connectivity index (χ3n) is 3.31. The van der Waals surface area contributed by atoms with Gasteiger partial charge in [-0.2, -0.15) is 5.26 Å². The molecule has 96 valence electrons. The minimum Gasteiger partial charge on any atom is -0.352 e. The van der Waals surface area contributed by atoms with E-state index in [0.717, 1.165) is 26.2 Å². The van der Waals surface area contributed by atoms with Crippen LogP contribution in [0.2, 0.25) is 0 Å². The molecule has 0 bridgehead atoms. The largest absolute Gasteiger partial charge is 0.352 e. The third kappa shape index (κ3) is 2.59. The van der Waals surface area contributed by atoms with Crippen molar-refractivity contribution in [3.05, 3.63) is 18.1 Å². The van der Waals surface area contributed by atoms with Gasteiger partial charge in [-0.3, -0.25) is 4.90 Å². The van der Waals surface area contributed by atoms with Crippen molar-refractivity contribution in [2.45, 2.75) is 26.3 Å². The summed E-state index contributed by atoms with van der Waals surface area (Å²) in [6.07, 6.45) is 3.21. The molecule has 0 unspecified atom stereocenters. The molecule has 1 aliphatic rings. The van der Waals surface area contributed by atoms with Crippen LogP contribution < -0.4 is 4.90 Å². The molecule has 0 amide bonds. The first-order chi connectivity index (χ1) is 8.52. The van der Waals surface area contributed by atoms with Crippen LogP contribution >= 0.6 is 0 Å². The number of rotatable bonds is 1. The Labute approximate surface area is 108 Å². The quantitative estimate of drug-likeness (QED) is 0.745. The predicted octanol–water partition coefficient (Wildman–Crippen LogP) is 1.27. The van der Waals surface area contributed by atoms with E-state index >= 15 is 0 Å². The molecule has 0 N–H and O–H groups in total. The third-order valence-corrected chi connectivity index (χ3v) is 3.31. The summed E-state index contributed by atoms with van der Waals surface area (Å²) < 4.78 is 0. The van der Waals surface area contributed by atoms with Crippen LogP contribution in [0.1, 0.15) is 26.5 Å². The number of nitrogens with zero attached hydrogens (tertiary/aromatic N) is 5. The number of nitriles is 1. The van der Waals surface area contributed by atoms with Crippen LogP contribution in [0.4, 0.5) is 5.82 Å². The predicted molar refractivity (Wildman–Crippen MR) is 70.3 cm³/mol. The summed E-state index contributed by atoms with van der Waals surface area (Å²) in [5.74, 6) is 0.716. The van der Waals surface area contributed by atoms with Crippen LogP contribution in [0.15, 0.2) is 12.4 Å². The van der Waals surface area contributed by atoms with E-state index in [1.54, 1.807) is 12.4 Å². The van der Waals surface area contributed by atoms with Crippen molar-refractivity contribution in [1.82, 2.24) is 14.9 Å². The number of aromatic nitrogens is 2. The molecule has 5 heteroatoms. The zero-order chi connectivity index (χ0) is 13.2. The minimum absolute atomic E-state index is 0.201. The fourth-order valence-corrected chi connectivity index (χ4v) is 2.23. The van der Waals surface area contributed by atoms with E-state index in [9.17, 15) is 0 Å². The fraction of sp³-hybridized carbons (Fsp3) is 0.615. The maximum Gasteiger partial charge on any atom is 0.183 e. The van der Waals surface area contributed by atoms with Gasteiger partial charge in [-0.05, 0) is 20.8 Å². The molecule has 0 atom stereocenters. The lowest BCUT2D eigenvalue weighted by Gasteiger charge is -2.42. The summed E-state index contributed by atoms with van der Waals surface area (Å²) in [4.78, 5) is 12.9. The van der Waals surface area contributed by atoms with Gasteiger partial charge in [0, 0.05) is 44.1 Å². The van der Waals surface area contributed by atoms with Gasteiger partial charge in [-0.25, -0.2) is 9.97 Å². The van der Waals surface area contributed by atoms with Gasteiger partial charge in [0.15, 0.2) is 11.5 Å². The van der Waals surface area contributed by atoms with Crippen LogP contribution in [0.25, 0.3) is 0 Å². The van der Waals surface area contributed by atoms with E-state index in [1.807, 2.05) is 0 Å². The van der Waals surface area contributed by atoms with Gasteiger partial charge in [0.05, 0.1) is 0 Å². The highest BCUT2D eigenvalue weighted by molar-refractivity contribution is 5.49. The molecule has 0 aliphatic carbocycles. The Morgan fingerprint density at radius 3 is 2.28 bits per heavy atom. The van der Waals surface area contributed by atoms with Crippen LogP contribution in [-0.4, -0.2) is 46.6 Å². The smallest absolute Gasteiger partial charge is 0.183 e. The maximum atomic E-state index is 9.04. The summed E-state index contributed by atoms with van der Waals surface area (Å²) >= 11 is 0. The minimum atomic E-state index is 0.201. The number of anilines is 1. The second-order valence-electron chi connectivity index (χ2n) is 5.49. The van der Waals surface area contributed by atoms with Crippen molar-refractivity contribution in [2.75, 3.05) is 31.1 Å². The Morgan fingerprint density at radius 2 is 1.72 bits per heavy atom. The van der Waals surface area contributed by atoms with Crippen molar-refractivity contribution in [3.63, 3.8) is 0 Å². The van der Waals surface area contributed by atoms with Crippen molar-refractivity contribution in [1.29, 1.82) is 5.26 Å². The molecular formula is C13H19N5. The standard InChI is InChI=1S/C13H19N5/c1-13(2,3)18-8-6-17(7-9-18)12-11(10-14)15-4-5-16-12/h4-5H,6-9H2,1-3H3. The van der Waals surface area contributed by atoms with Gasteiger partial charge in [-0.15, -0.1) is 0 Å². The van der Waals surface area contributed by atoms with E-state index in [2.05, 4.69) is 46.6 Å². The molecule has 5 nitrogen and oxygen atoms in total. The first kappa shape index (κ1) is 12.8. The zero-order valence-electron chi connectivity index (χ0n) is 11.2. The van der Waals surface area contributed by atoms with Gasteiger partial charge in [0.1, 0.15) is 6.07 Å². The summed E-state index contributed by atoms with van der Waals surface area (Å²) in [6, 6.07) is 2.11. The molecule has 1 aliphatic heterocycles. The van der Waals surface area contributed by atoms with Gasteiger partial charge in [-0.1, -0.05) is 0 Å². The Kier molecular flexibility index (Phi) is 3.48. The monoisotopic (exact) mass is 245 g/mol. The Hall–Kier alpha value is -1.67. The summed E-state index contributed by atoms with van der Waals surface area (Å²) in [5, 5.41) is 9.04. The van der Waals surface area contributed by atoms with E-state index < -0.39 is 0 Å². The van der Waals surface area contributed by atoms with Crippen LogP contribution in [-0.2, 0) is 0 Å². The van der Waals surface area contributed by atoms with E-state index in [-0.39, 0.29) is 5.54 Å². The van der Waals surface area contributed by atoms with Crippen molar-refractivity contribution < 1.29 is 0 Å². The van der Waals surface area contributed by atoms with Crippen LogP contribution in [0, 0.1) is 11.3 Å². The highest BCUT2D eigenvalue weighted by Crippen LogP contribution is 2.20. The fourth-order valence-electron chi connectivity index (χ4n) is 2.23. The van der Waals surface area contributed by atoms with E-state index in [0.29, 0.717) is 11.5 Å². The summed E-state index contributed by atoms with van der Waals surface area (Å²) in [6.45, 7) is 10.5. The molecule has 0 radical (unpaired) electrons. The molecule has 1 fully saturated rings. The zero-order valence-corrected chi connectivity index (χ0v) is 11.2. The lowest BCUT2D eigenvalue weighted by Crippen LogP contribution is -2.53. The molecule has 1 aromatic heterocycles.